The van der Waals surface area contributed by atoms with Gasteiger partial charge in [0, 0.05) is 19.1 Å². The van der Waals surface area contributed by atoms with Crippen LogP contribution in [0.3, 0.4) is 0 Å². The Morgan fingerprint density at radius 3 is 2.14 bits per heavy atom. The van der Waals surface area contributed by atoms with E-state index in [9.17, 15) is 0 Å². The SMILES string of the molecule is CC(C)CN(CCN=C(N)N)C(C)C. The van der Waals surface area contributed by atoms with Crippen molar-refractivity contribution in [2.75, 3.05) is 19.6 Å². The summed E-state index contributed by atoms with van der Waals surface area (Å²) < 4.78 is 0. The van der Waals surface area contributed by atoms with Gasteiger partial charge >= 0.3 is 0 Å². The van der Waals surface area contributed by atoms with Crippen molar-refractivity contribution in [2.24, 2.45) is 22.4 Å². The fraction of sp³-hybridized carbons (Fsp3) is 0.900. The smallest absolute Gasteiger partial charge is 0.185 e. The molecule has 0 aromatic carbocycles. The van der Waals surface area contributed by atoms with Crippen LogP contribution in [0.5, 0.6) is 0 Å². The van der Waals surface area contributed by atoms with Crippen molar-refractivity contribution in [3.05, 3.63) is 0 Å². The van der Waals surface area contributed by atoms with Gasteiger partial charge in [-0.25, -0.2) is 0 Å². The summed E-state index contributed by atoms with van der Waals surface area (Å²) in [5, 5.41) is 0. The van der Waals surface area contributed by atoms with Gasteiger partial charge in [-0.15, -0.1) is 0 Å². The Hall–Kier alpha value is -0.770. The first-order valence-electron chi connectivity index (χ1n) is 5.23. The third-order valence-electron chi connectivity index (χ3n) is 2.01. The van der Waals surface area contributed by atoms with E-state index in [-0.39, 0.29) is 5.96 Å². The fourth-order valence-corrected chi connectivity index (χ4v) is 1.34. The average Bonchev–Trinajstić information content (AvgIpc) is 2.00. The highest BCUT2D eigenvalue weighted by Gasteiger charge is 2.09. The lowest BCUT2D eigenvalue weighted by molar-refractivity contribution is 0.203. The predicted octanol–water partition coefficient (Wildman–Crippen LogP) is 0.626. The monoisotopic (exact) mass is 200 g/mol. The molecule has 0 aliphatic carbocycles. The quantitative estimate of drug-likeness (QED) is 0.488. The molecule has 0 aliphatic heterocycles. The zero-order valence-electron chi connectivity index (χ0n) is 9.83. The summed E-state index contributed by atoms with van der Waals surface area (Å²) >= 11 is 0. The minimum Gasteiger partial charge on any atom is -0.370 e. The topological polar surface area (TPSA) is 67.6 Å². The van der Waals surface area contributed by atoms with E-state index in [4.69, 9.17) is 11.5 Å². The molecule has 14 heavy (non-hydrogen) atoms. The summed E-state index contributed by atoms with van der Waals surface area (Å²) in [7, 11) is 0. The Bertz CT molecular complexity index is 171. The lowest BCUT2D eigenvalue weighted by Gasteiger charge is -2.27. The van der Waals surface area contributed by atoms with Gasteiger partial charge in [0.15, 0.2) is 5.96 Å². The lowest BCUT2D eigenvalue weighted by atomic mass is 10.2. The Labute approximate surface area is 87.4 Å². The van der Waals surface area contributed by atoms with E-state index < -0.39 is 0 Å². The largest absolute Gasteiger partial charge is 0.370 e. The fourth-order valence-electron chi connectivity index (χ4n) is 1.34. The van der Waals surface area contributed by atoms with E-state index in [1.807, 2.05) is 0 Å². The number of hydrogen-bond acceptors (Lipinski definition) is 2. The van der Waals surface area contributed by atoms with Crippen molar-refractivity contribution < 1.29 is 0 Å². The summed E-state index contributed by atoms with van der Waals surface area (Å²) in [5.41, 5.74) is 10.5. The number of hydrogen-bond donors (Lipinski definition) is 2. The van der Waals surface area contributed by atoms with E-state index in [1.165, 1.54) is 0 Å². The zero-order valence-corrected chi connectivity index (χ0v) is 9.83. The van der Waals surface area contributed by atoms with E-state index in [2.05, 4.69) is 37.6 Å². The third-order valence-corrected chi connectivity index (χ3v) is 2.01. The van der Waals surface area contributed by atoms with E-state index in [1.54, 1.807) is 0 Å². The number of nitrogens with two attached hydrogens (primary N) is 2. The number of guanidine groups is 1. The molecule has 0 heterocycles. The standard InChI is InChI=1S/C10H24N4/c1-8(2)7-14(9(3)4)6-5-13-10(11)12/h8-9H,5-7H2,1-4H3,(H4,11,12,13). The zero-order chi connectivity index (χ0) is 11.1. The van der Waals surface area contributed by atoms with Gasteiger partial charge in [-0.1, -0.05) is 13.8 Å². The molecule has 0 unspecified atom stereocenters. The van der Waals surface area contributed by atoms with Crippen LogP contribution in [0.4, 0.5) is 0 Å². The molecule has 0 rings (SSSR count). The van der Waals surface area contributed by atoms with Crippen LogP contribution in [-0.4, -0.2) is 36.5 Å². The molecule has 4 heteroatoms. The van der Waals surface area contributed by atoms with Gasteiger partial charge < -0.3 is 11.5 Å². The van der Waals surface area contributed by atoms with Crippen LogP contribution in [0, 0.1) is 5.92 Å². The minimum atomic E-state index is 0.179. The summed E-state index contributed by atoms with van der Waals surface area (Å²) in [6.07, 6.45) is 0. The molecule has 84 valence electrons. The molecule has 0 fully saturated rings. The first-order chi connectivity index (χ1) is 6.43. The predicted molar refractivity (Wildman–Crippen MR) is 62.2 cm³/mol. The Morgan fingerprint density at radius 1 is 1.21 bits per heavy atom. The first-order valence-corrected chi connectivity index (χ1v) is 5.23. The molecule has 0 saturated heterocycles. The molecule has 0 amide bonds. The van der Waals surface area contributed by atoms with Crippen LogP contribution in [-0.2, 0) is 0 Å². The maximum atomic E-state index is 5.27. The van der Waals surface area contributed by atoms with Gasteiger partial charge in [0.1, 0.15) is 0 Å². The van der Waals surface area contributed by atoms with E-state index in [0.717, 1.165) is 13.1 Å². The summed E-state index contributed by atoms with van der Waals surface area (Å²) in [4.78, 5) is 6.37. The van der Waals surface area contributed by atoms with Crippen molar-refractivity contribution >= 4 is 5.96 Å². The van der Waals surface area contributed by atoms with Crippen molar-refractivity contribution in [1.29, 1.82) is 0 Å². The molecular weight excluding hydrogens is 176 g/mol. The molecule has 0 radical (unpaired) electrons. The van der Waals surface area contributed by atoms with Crippen LogP contribution in [0.15, 0.2) is 4.99 Å². The molecule has 0 spiro atoms. The molecular formula is C10H24N4. The highest BCUT2D eigenvalue weighted by atomic mass is 15.2. The molecule has 4 nitrogen and oxygen atoms in total. The van der Waals surface area contributed by atoms with Gasteiger partial charge in [0.2, 0.25) is 0 Å². The second kappa shape index (κ2) is 6.65. The molecule has 0 aliphatic rings. The highest BCUT2D eigenvalue weighted by Crippen LogP contribution is 2.03. The Kier molecular flexibility index (Phi) is 6.28. The van der Waals surface area contributed by atoms with Gasteiger partial charge in [-0.05, 0) is 19.8 Å². The lowest BCUT2D eigenvalue weighted by Crippen LogP contribution is -2.36. The molecule has 0 aromatic rings. The van der Waals surface area contributed by atoms with E-state index in [0.29, 0.717) is 18.5 Å². The van der Waals surface area contributed by atoms with Gasteiger partial charge in [-0.3, -0.25) is 9.89 Å². The average molecular weight is 200 g/mol. The van der Waals surface area contributed by atoms with Crippen molar-refractivity contribution in [3.63, 3.8) is 0 Å². The molecule has 0 saturated carbocycles. The van der Waals surface area contributed by atoms with Crippen molar-refractivity contribution in [3.8, 4) is 0 Å². The number of rotatable bonds is 6. The second-order valence-electron chi connectivity index (χ2n) is 4.29. The first kappa shape index (κ1) is 13.2. The molecule has 0 atom stereocenters. The van der Waals surface area contributed by atoms with Crippen LogP contribution >= 0.6 is 0 Å². The second-order valence-corrected chi connectivity index (χ2v) is 4.29. The third kappa shape index (κ3) is 6.71. The summed E-state index contributed by atoms with van der Waals surface area (Å²) in [6.45, 7) is 11.5. The molecule has 0 aromatic heterocycles. The number of aliphatic imine (C=N–C) groups is 1. The minimum absolute atomic E-state index is 0.179. The highest BCUT2D eigenvalue weighted by molar-refractivity contribution is 5.75. The van der Waals surface area contributed by atoms with Gasteiger partial charge in [0.05, 0.1) is 6.54 Å². The number of nitrogens with zero attached hydrogens (tertiary/aromatic N) is 2. The van der Waals surface area contributed by atoms with Crippen LogP contribution < -0.4 is 11.5 Å². The maximum absolute atomic E-state index is 5.27. The normalized spacial score (nSPS) is 11.4. The van der Waals surface area contributed by atoms with Crippen LogP contribution in [0.25, 0.3) is 0 Å². The summed E-state index contributed by atoms with van der Waals surface area (Å²) in [5.74, 6) is 0.856. The van der Waals surface area contributed by atoms with Crippen molar-refractivity contribution in [1.82, 2.24) is 4.90 Å². The Morgan fingerprint density at radius 2 is 1.79 bits per heavy atom. The van der Waals surface area contributed by atoms with Gasteiger partial charge in [0.25, 0.3) is 0 Å². The Balaban J connectivity index is 3.91. The molecule has 0 bridgehead atoms. The van der Waals surface area contributed by atoms with Crippen LogP contribution in [0.1, 0.15) is 27.7 Å². The van der Waals surface area contributed by atoms with Gasteiger partial charge in [-0.2, -0.15) is 0 Å². The van der Waals surface area contributed by atoms with Crippen molar-refractivity contribution in [2.45, 2.75) is 33.7 Å². The van der Waals surface area contributed by atoms with E-state index >= 15 is 0 Å². The maximum Gasteiger partial charge on any atom is 0.185 e. The summed E-state index contributed by atoms with van der Waals surface area (Å²) in [6, 6.07) is 0.548. The van der Waals surface area contributed by atoms with Crippen LogP contribution in [0.2, 0.25) is 0 Å². The molecule has 4 N–H and O–H groups in total.